The first-order valence-corrected chi connectivity index (χ1v) is 5.85. The monoisotopic (exact) mass is 258 g/mol. The predicted molar refractivity (Wildman–Crippen MR) is 72.0 cm³/mol. The second-order valence-electron chi connectivity index (χ2n) is 3.85. The number of aliphatic imine (C=N–C) groups is 1. The van der Waals surface area contributed by atoms with Gasteiger partial charge in [0, 0.05) is 18.3 Å². The van der Waals surface area contributed by atoms with Crippen LogP contribution >= 0.6 is 0 Å². The summed E-state index contributed by atoms with van der Waals surface area (Å²) < 4.78 is 5.11. The number of hydrogen-bond donors (Lipinski definition) is 2. The van der Waals surface area contributed by atoms with Crippen molar-refractivity contribution in [1.82, 2.24) is 5.32 Å². The minimum Gasteiger partial charge on any atom is -0.410 e. The van der Waals surface area contributed by atoms with Crippen LogP contribution in [0, 0.1) is 0 Å². The van der Waals surface area contributed by atoms with Crippen LogP contribution in [0.5, 0.6) is 5.75 Å². The largest absolute Gasteiger partial charge is 0.416 e. The van der Waals surface area contributed by atoms with Crippen LogP contribution < -0.4 is 10.1 Å². The number of amides is 1. The molecule has 1 aliphatic rings. The average molecular weight is 258 g/mol. The number of para-hydroxylation sites is 1. The molecule has 5 heteroatoms. The highest BCUT2D eigenvalue weighted by atomic mass is 16.6. The first-order valence-electron chi connectivity index (χ1n) is 5.85. The number of ether oxygens (including phenoxy) is 1. The Labute approximate surface area is 110 Å². The molecule has 1 aromatic rings. The third-order valence-corrected chi connectivity index (χ3v) is 2.42. The van der Waals surface area contributed by atoms with Gasteiger partial charge in [0.15, 0.2) is 0 Å². The van der Waals surface area contributed by atoms with Crippen molar-refractivity contribution in [3.8, 4) is 5.75 Å². The van der Waals surface area contributed by atoms with Gasteiger partial charge in [0.1, 0.15) is 5.75 Å². The number of hydrogen-bond acceptors (Lipinski definition) is 4. The van der Waals surface area contributed by atoms with E-state index in [2.05, 4.69) is 10.3 Å². The molecule has 0 aliphatic carbocycles. The molecule has 2 N–H and O–H groups in total. The molecule has 1 aliphatic heterocycles. The molecule has 19 heavy (non-hydrogen) atoms. The lowest BCUT2D eigenvalue weighted by atomic mass is 10.3. The van der Waals surface area contributed by atoms with Crippen LogP contribution in [-0.2, 0) is 0 Å². The quantitative estimate of drug-likeness (QED) is 0.871. The summed E-state index contributed by atoms with van der Waals surface area (Å²) in [5.41, 5.74) is 1.21. The molecular weight excluding hydrogens is 244 g/mol. The maximum absolute atomic E-state index is 11.7. The van der Waals surface area contributed by atoms with Crippen LogP contribution in [0.2, 0.25) is 0 Å². The van der Waals surface area contributed by atoms with E-state index in [1.165, 1.54) is 0 Å². The number of allylic oxidation sites excluding steroid dienone is 3. The fourth-order valence-corrected chi connectivity index (χ4v) is 1.51. The van der Waals surface area contributed by atoms with Gasteiger partial charge in [0.25, 0.3) is 0 Å². The van der Waals surface area contributed by atoms with Crippen molar-refractivity contribution in [2.24, 2.45) is 4.99 Å². The molecule has 5 nitrogen and oxygen atoms in total. The molecule has 98 valence electrons. The molecule has 1 amide bonds. The number of aliphatic hydroxyl groups excluding tert-OH is 1. The zero-order valence-corrected chi connectivity index (χ0v) is 10.2. The Morgan fingerprint density at radius 2 is 2.11 bits per heavy atom. The van der Waals surface area contributed by atoms with Gasteiger partial charge in [-0.3, -0.25) is 10.3 Å². The molecule has 2 rings (SSSR count). The van der Waals surface area contributed by atoms with Gasteiger partial charge >= 0.3 is 6.09 Å². The summed E-state index contributed by atoms with van der Waals surface area (Å²) in [6.07, 6.45) is 4.91. The van der Waals surface area contributed by atoms with Crippen molar-refractivity contribution < 1.29 is 14.6 Å². The third kappa shape index (κ3) is 4.08. The normalized spacial score (nSPS) is 14.2. The van der Waals surface area contributed by atoms with Crippen molar-refractivity contribution in [2.75, 3.05) is 6.61 Å². The van der Waals surface area contributed by atoms with E-state index in [9.17, 15) is 4.79 Å². The minimum atomic E-state index is -0.549. The summed E-state index contributed by atoms with van der Waals surface area (Å²) in [5.74, 6) is 0.481. The van der Waals surface area contributed by atoms with E-state index < -0.39 is 6.09 Å². The van der Waals surface area contributed by atoms with Crippen LogP contribution in [0.4, 0.5) is 4.79 Å². The molecule has 0 fully saturated rings. The maximum atomic E-state index is 11.7. The molecule has 1 aromatic carbocycles. The Kier molecular flexibility index (Phi) is 4.47. The van der Waals surface area contributed by atoms with Crippen LogP contribution in [-0.4, -0.2) is 24.0 Å². The zero-order valence-electron chi connectivity index (χ0n) is 10.2. The maximum Gasteiger partial charge on any atom is 0.416 e. The van der Waals surface area contributed by atoms with E-state index >= 15 is 0 Å². The van der Waals surface area contributed by atoms with Gasteiger partial charge < -0.3 is 9.84 Å². The highest BCUT2D eigenvalue weighted by Gasteiger charge is 2.07. The lowest BCUT2D eigenvalue weighted by molar-refractivity contribution is 0.203. The Morgan fingerprint density at radius 1 is 1.32 bits per heavy atom. The fraction of sp³-hybridized carbons (Fsp3) is 0.143. The Bertz CT molecular complexity index is 533. The summed E-state index contributed by atoms with van der Waals surface area (Å²) >= 11 is 0. The van der Waals surface area contributed by atoms with Crippen molar-refractivity contribution in [3.05, 3.63) is 53.9 Å². The molecule has 0 saturated heterocycles. The number of carbonyl (C=O) groups is 1. The Balaban J connectivity index is 1.94. The van der Waals surface area contributed by atoms with E-state index in [4.69, 9.17) is 9.84 Å². The lowest BCUT2D eigenvalue weighted by Crippen LogP contribution is -2.26. The van der Waals surface area contributed by atoms with Gasteiger partial charge in [-0.1, -0.05) is 18.2 Å². The van der Waals surface area contributed by atoms with Crippen LogP contribution in [0.1, 0.15) is 6.42 Å². The number of benzene rings is 1. The van der Waals surface area contributed by atoms with Gasteiger partial charge in [-0.05, 0) is 24.3 Å². The van der Waals surface area contributed by atoms with Crippen LogP contribution in [0.25, 0.3) is 0 Å². The number of carbonyl (C=O) groups excluding carboxylic acids is 1. The average Bonchev–Trinajstić information content (AvgIpc) is 2.65. The van der Waals surface area contributed by atoms with Crippen molar-refractivity contribution >= 4 is 12.3 Å². The lowest BCUT2D eigenvalue weighted by Gasteiger charge is -2.07. The Morgan fingerprint density at radius 3 is 2.84 bits per heavy atom. The molecule has 0 bridgehead atoms. The molecule has 0 radical (unpaired) electrons. The van der Waals surface area contributed by atoms with Crippen molar-refractivity contribution in [3.63, 3.8) is 0 Å². The summed E-state index contributed by atoms with van der Waals surface area (Å²) in [4.78, 5) is 15.7. The second kappa shape index (κ2) is 6.51. The topological polar surface area (TPSA) is 70.9 Å². The summed E-state index contributed by atoms with van der Waals surface area (Å²) in [6.45, 7) is -0.130. The van der Waals surface area contributed by atoms with Gasteiger partial charge in [-0.25, -0.2) is 4.79 Å². The highest BCUT2D eigenvalue weighted by Crippen LogP contribution is 2.10. The summed E-state index contributed by atoms with van der Waals surface area (Å²) in [6, 6.07) is 8.82. The molecule has 0 aromatic heterocycles. The van der Waals surface area contributed by atoms with Crippen LogP contribution in [0.3, 0.4) is 0 Å². The van der Waals surface area contributed by atoms with E-state index in [1.807, 2.05) is 6.07 Å². The third-order valence-electron chi connectivity index (χ3n) is 2.42. The van der Waals surface area contributed by atoms with E-state index in [-0.39, 0.29) is 6.61 Å². The SMILES string of the molecule is O=C(NC1=CC=C(CO)N=CC1)Oc1ccccc1. The van der Waals surface area contributed by atoms with E-state index in [0.717, 1.165) is 0 Å². The van der Waals surface area contributed by atoms with E-state index in [0.29, 0.717) is 23.6 Å². The van der Waals surface area contributed by atoms with Crippen LogP contribution in [0.15, 0.2) is 58.9 Å². The van der Waals surface area contributed by atoms with Gasteiger partial charge in [0.05, 0.1) is 12.3 Å². The second-order valence-corrected chi connectivity index (χ2v) is 3.85. The number of aliphatic hydroxyl groups is 1. The van der Waals surface area contributed by atoms with E-state index in [1.54, 1.807) is 42.6 Å². The minimum absolute atomic E-state index is 0.130. The predicted octanol–water partition coefficient (Wildman–Crippen LogP) is 2.01. The smallest absolute Gasteiger partial charge is 0.410 e. The fourth-order valence-electron chi connectivity index (χ4n) is 1.51. The molecule has 0 atom stereocenters. The molecular formula is C14H14N2O3. The van der Waals surface area contributed by atoms with Crippen molar-refractivity contribution in [1.29, 1.82) is 0 Å². The first kappa shape index (κ1) is 13.0. The van der Waals surface area contributed by atoms with Gasteiger partial charge in [-0.2, -0.15) is 0 Å². The number of nitrogens with one attached hydrogen (secondary N) is 1. The highest BCUT2D eigenvalue weighted by molar-refractivity contribution is 5.74. The summed E-state index contributed by atoms with van der Waals surface area (Å²) in [5, 5.41) is 11.6. The van der Waals surface area contributed by atoms with Gasteiger partial charge in [0.2, 0.25) is 0 Å². The summed E-state index contributed by atoms with van der Waals surface area (Å²) in [7, 11) is 0. The molecule has 0 unspecified atom stereocenters. The van der Waals surface area contributed by atoms with Gasteiger partial charge in [-0.15, -0.1) is 0 Å². The standard InChI is InChI=1S/C14H14N2O3/c17-10-12-7-6-11(8-9-15-12)16-14(18)19-13-4-2-1-3-5-13/h1-7,9,17H,8,10H2,(H,16,18). The van der Waals surface area contributed by atoms with Crippen molar-refractivity contribution in [2.45, 2.75) is 6.42 Å². The zero-order chi connectivity index (χ0) is 13.5. The molecule has 1 heterocycles. The number of nitrogens with zero attached hydrogens (tertiary/aromatic N) is 1. The molecule has 0 spiro atoms. The Hall–Kier alpha value is -2.40. The molecule has 0 saturated carbocycles. The number of rotatable bonds is 3. The first-order chi connectivity index (χ1) is 9.28.